The first-order valence-corrected chi connectivity index (χ1v) is 8.63. The highest BCUT2D eigenvalue weighted by Gasteiger charge is 2.36. The molecule has 138 valence electrons. The summed E-state index contributed by atoms with van der Waals surface area (Å²) in [6.07, 6.45) is -3.16. The van der Waals surface area contributed by atoms with Gasteiger partial charge in [0.2, 0.25) is 0 Å². The second-order valence-electron chi connectivity index (χ2n) is 6.44. The lowest BCUT2D eigenvalue weighted by atomic mass is 9.93. The monoisotopic (exact) mass is 357 g/mol. The summed E-state index contributed by atoms with van der Waals surface area (Å²) in [7, 11) is 0. The molecule has 1 fully saturated rings. The van der Waals surface area contributed by atoms with Crippen LogP contribution >= 0.6 is 0 Å². The van der Waals surface area contributed by atoms with E-state index >= 15 is 0 Å². The molecule has 26 heavy (non-hydrogen) atoms. The number of hydrogen-bond acceptors (Lipinski definition) is 5. The zero-order chi connectivity index (χ0) is 18.5. The Morgan fingerprint density at radius 1 is 1.08 bits per heavy atom. The fourth-order valence-electron chi connectivity index (χ4n) is 3.10. The SMILES string of the molecule is O=C(NCc1ccccc1)c1cccc(C2OC(CO)C(O)CC2O)c1. The Kier molecular flexibility index (Phi) is 6.00. The number of hydrogen-bond donors (Lipinski definition) is 4. The molecule has 4 N–H and O–H groups in total. The molecule has 0 aromatic heterocycles. The van der Waals surface area contributed by atoms with E-state index in [1.165, 1.54) is 0 Å². The number of amides is 1. The fourth-order valence-corrected chi connectivity index (χ4v) is 3.10. The van der Waals surface area contributed by atoms with Crippen LogP contribution in [0.1, 0.15) is 34.0 Å². The largest absolute Gasteiger partial charge is 0.394 e. The van der Waals surface area contributed by atoms with Gasteiger partial charge >= 0.3 is 0 Å². The molecule has 0 radical (unpaired) electrons. The summed E-state index contributed by atoms with van der Waals surface area (Å²) < 4.78 is 5.63. The maximum absolute atomic E-state index is 12.4. The molecule has 0 aliphatic carbocycles. The standard InChI is InChI=1S/C20H23NO5/c22-12-18-16(23)10-17(24)19(26-18)14-7-4-8-15(9-14)20(25)21-11-13-5-2-1-3-6-13/h1-9,16-19,22-24H,10-12H2,(H,21,25). The Labute approximate surface area is 152 Å². The first-order chi connectivity index (χ1) is 12.6. The van der Waals surface area contributed by atoms with Gasteiger partial charge in [-0.05, 0) is 23.3 Å². The summed E-state index contributed by atoms with van der Waals surface area (Å²) in [5.74, 6) is -0.222. The number of benzene rings is 2. The molecule has 1 heterocycles. The van der Waals surface area contributed by atoms with Crippen molar-refractivity contribution in [3.63, 3.8) is 0 Å². The van der Waals surface area contributed by atoms with Crippen LogP contribution in [-0.2, 0) is 11.3 Å². The van der Waals surface area contributed by atoms with E-state index in [2.05, 4.69) is 5.32 Å². The van der Waals surface area contributed by atoms with Crippen molar-refractivity contribution in [3.8, 4) is 0 Å². The van der Waals surface area contributed by atoms with Crippen LogP contribution in [-0.4, -0.2) is 46.1 Å². The molecule has 1 aliphatic heterocycles. The normalized spacial score (nSPS) is 25.7. The van der Waals surface area contributed by atoms with Crippen LogP contribution in [0.5, 0.6) is 0 Å². The third-order valence-corrected chi connectivity index (χ3v) is 4.54. The van der Waals surface area contributed by atoms with E-state index in [1.54, 1.807) is 24.3 Å². The van der Waals surface area contributed by atoms with Gasteiger partial charge < -0.3 is 25.4 Å². The van der Waals surface area contributed by atoms with Crippen LogP contribution in [0.2, 0.25) is 0 Å². The van der Waals surface area contributed by atoms with Gasteiger partial charge in [0.1, 0.15) is 12.2 Å². The highest BCUT2D eigenvalue weighted by atomic mass is 16.5. The first-order valence-electron chi connectivity index (χ1n) is 8.63. The van der Waals surface area contributed by atoms with Crippen LogP contribution in [0.4, 0.5) is 0 Å². The highest BCUT2D eigenvalue weighted by Crippen LogP contribution is 2.32. The lowest BCUT2D eigenvalue weighted by Crippen LogP contribution is -2.44. The van der Waals surface area contributed by atoms with E-state index in [9.17, 15) is 20.1 Å². The lowest BCUT2D eigenvalue weighted by molar-refractivity contribution is -0.181. The topological polar surface area (TPSA) is 99.0 Å². The number of nitrogens with one attached hydrogen (secondary N) is 1. The van der Waals surface area contributed by atoms with Crippen LogP contribution in [0.15, 0.2) is 54.6 Å². The summed E-state index contributed by atoms with van der Waals surface area (Å²) in [6, 6.07) is 16.5. The van der Waals surface area contributed by atoms with Crippen molar-refractivity contribution in [2.75, 3.05) is 6.61 Å². The van der Waals surface area contributed by atoms with Crippen molar-refractivity contribution in [1.29, 1.82) is 0 Å². The van der Waals surface area contributed by atoms with Crippen molar-refractivity contribution in [3.05, 3.63) is 71.3 Å². The summed E-state index contributed by atoms with van der Waals surface area (Å²) in [4.78, 5) is 12.4. The first kappa shape index (κ1) is 18.5. The van der Waals surface area contributed by atoms with Crippen molar-refractivity contribution >= 4 is 5.91 Å². The van der Waals surface area contributed by atoms with E-state index in [0.717, 1.165) is 5.56 Å². The second kappa shape index (κ2) is 8.42. The van der Waals surface area contributed by atoms with Gasteiger partial charge in [-0.3, -0.25) is 4.79 Å². The molecule has 2 aromatic carbocycles. The maximum Gasteiger partial charge on any atom is 0.251 e. The number of aliphatic hydroxyl groups excluding tert-OH is 3. The zero-order valence-corrected chi connectivity index (χ0v) is 14.3. The zero-order valence-electron chi connectivity index (χ0n) is 14.3. The smallest absolute Gasteiger partial charge is 0.251 e. The summed E-state index contributed by atoms with van der Waals surface area (Å²) >= 11 is 0. The van der Waals surface area contributed by atoms with E-state index in [4.69, 9.17) is 4.74 Å². The van der Waals surface area contributed by atoms with Crippen molar-refractivity contribution in [1.82, 2.24) is 5.32 Å². The summed E-state index contributed by atoms with van der Waals surface area (Å²) in [5.41, 5.74) is 2.10. The van der Waals surface area contributed by atoms with E-state index < -0.39 is 24.4 Å². The molecule has 4 atom stereocenters. The molecule has 6 heteroatoms. The lowest BCUT2D eigenvalue weighted by Gasteiger charge is -2.36. The van der Waals surface area contributed by atoms with E-state index in [-0.39, 0.29) is 18.9 Å². The Morgan fingerprint density at radius 2 is 1.85 bits per heavy atom. The van der Waals surface area contributed by atoms with Crippen LogP contribution in [0.3, 0.4) is 0 Å². The quantitative estimate of drug-likeness (QED) is 0.644. The Balaban J connectivity index is 1.70. The number of rotatable bonds is 5. The van der Waals surface area contributed by atoms with E-state index in [1.807, 2.05) is 30.3 Å². The Bertz CT molecular complexity index is 736. The van der Waals surface area contributed by atoms with Gasteiger partial charge in [0.25, 0.3) is 5.91 Å². The third kappa shape index (κ3) is 4.28. The van der Waals surface area contributed by atoms with Crippen molar-refractivity contribution < 1.29 is 24.9 Å². The average molecular weight is 357 g/mol. The molecule has 0 spiro atoms. The average Bonchev–Trinajstić information content (AvgIpc) is 2.67. The Hall–Kier alpha value is -2.25. The van der Waals surface area contributed by atoms with Crippen LogP contribution < -0.4 is 5.32 Å². The van der Waals surface area contributed by atoms with Gasteiger partial charge in [-0.25, -0.2) is 0 Å². The molecule has 2 aromatic rings. The Morgan fingerprint density at radius 3 is 2.58 bits per heavy atom. The van der Waals surface area contributed by atoms with E-state index in [0.29, 0.717) is 17.7 Å². The van der Waals surface area contributed by atoms with Crippen molar-refractivity contribution in [2.45, 2.75) is 37.4 Å². The molecule has 0 bridgehead atoms. The summed E-state index contributed by atoms with van der Waals surface area (Å²) in [5, 5.41) is 32.2. The molecule has 1 aliphatic rings. The van der Waals surface area contributed by atoms with Gasteiger partial charge in [0.05, 0.1) is 18.8 Å². The molecular weight excluding hydrogens is 334 g/mol. The fraction of sp³-hybridized carbons (Fsp3) is 0.350. The minimum absolute atomic E-state index is 0.111. The minimum atomic E-state index is -0.913. The number of aliphatic hydroxyl groups is 3. The molecule has 6 nitrogen and oxygen atoms in total. The number of ether oxygens (including phenoxy) is 1. The van der Waals surface area contributed by atoms with Gasteiger partial charge in [0, 0.05) is 18.5 Å². The maximum atomic E-state index is 12.4. The molecule has 1 saturated heterocycles. The predicted molar refractivity (Wildman–Crippen MR) is 95.4 cm³/mol. The molecule has 0 saturated carbocycles. The van der Waals surface area contributed by atoms with Gasteiger partial charge in [-0.2, -0.15) is 0 Å². The van der Waals surface area contributed by atoms with Gasteiger partial charge in [-0.1, -0.05) is 42.5 Å². The minimum Gasteiger partial charge on any atom is -0.394 e. The van der Waals surface area contributed by atoms with Gasteiger partial charge in [0.15, 0.2) is 0 Å². The number of carbonyl (C=O) groups is 1. The third-order valence-electron chi connectivity index (χ3n) is 4.54. The molecular formula is C20H23NO5. The molecule has 1 amide bonds. The van der Waals surface area contributed by atoms with Crippen LogP contribution in [0, 0.1) is 0 Å². The highest BCUT2D eigenvalue weighted by molar-refractivity contribution is 5.94. The predicted octanol–water partition coefficient (Wildman–Crippen LogP) is 1.16. The van der Waals surface area contributed by atoms with Crippen molar-refractivity contribution in [2.24, 2.45) is 0 Å². The second-order valence-corrected chi connectivity index (χ2v) is 6.44. The molecule has 3 rings (SSSR count). The van der Waals surface area contributed by atoms with Crippen LogP contribution in [0.25, 0.3) is 0 Å². The summed E-state index contributed by atoms with van der Waals surface area (Å²) in [6.45, 7) is 0.0902. The number of carbonyl (C=O) groups excluding carboxylic acids is 1. The molecule has 4 unspecified atom stereocenters. The van der Waals surface area contributed by atoms with Gasteiger partial charge in [-0.15, -0.1) is 0 Å².